The minimum Gasteiger partial charge on any atom is -0.388 e. The molecule has 1 saturated carbocycles. The van der Waals surface area contributed by atoms with Crippen molar-refractivity contribution in [3.63, 3.8) is 0 Å². The van der Waals surface area contributed by atoms with Crippen LogP contribution in [0.1, 0.15) is 47.8 Å². The summed E-state index contributed by atoms with van der Waals surface area (Å²) in [5, 5.41) is 20.7. The van der Waals surface area contributed by atoms with Crippen LogP contribution in [0.25, 0.3) is 0 Å². The third kappa shape index (κ3) is 3.00. The lowest BCUT2D eigenvalue weighted by Gasteiger charge is -2.35. The van der Waals surface area contributed by atoms with E-state index in [1.54, 1.807) is 6.20 Å². The van der Waals surface area contributed by atoms with Gasteiger partial charge in [0.1, 0.15) is 23.9 Å². The number of rotatable bonds is 6. The van der Waals surface area contributed by atoms with Crippen LogP contribution in [0, 0.1) is 0 Å². The van der Waals surface area contributed by atoms with Gasteiger partial charge in [-0.2, -0.15) is 0 Å². The Balaban J connectivity index is 1.62. The van der Waals surface area contributed by atoms with E-state index in [9.17, 15) is 9.90 Å². The number of nitrogens with two attached hydrogens (primary N) is 1. The van der Waals surface area contributed by atoms with Gasteiger partial charge < -0.3 is 20.7 Å². The average Bonchev–Trinajstić information content (AvgIpc) is 2.93. The fourth-order valence-corrected chi connectivity index (χ4v) is 2.82. The van der Waals surface area contributed by atoms with Crippen LogP contribution in [0.15, 0.2) is 12.4 Å². The highest BCUT2D eigenvalue weighted by Gasteiger charge is 2.34. The summed E-state index contributed by atoms with van der Waals surface area (Å²) in [6.45, 7) is 2.63. The summed E-state index contributed by atoms with van der Waals surface area (Å²) < 4.78 is 1.95. The third-order valence-corrected chi connectivity index (χ3v) is 4.06. The van der Waals surface area contributed by atoms with Crippen molar-refractivity contribution in [1.82, 2.24) is 24.7 Å². The second-order valence-corrected chi connectivity index (χ2v) is 5.54. The second-order valence-electron chi connectivity index (χ2n) is 5.54. The van der Waals surface area contributed by atoms with Gasteiger partial charge in [0.25, 0.3) is 5.91 Å². The molecule has 2 aromatic heterocycles. The van der Waals surface area contributed by atoms with Gasteiger partial charge in [0, 0.05) is 18.5 Å². The van der Waals surface area contributed by atoms with Crippen LogP contribution in [0.5, 0.6) is 0 Å². The lowest BCUT2D eigenvalue weighted by atomic mass is 9.79. The number of aromatic nitrogens is 5. The number of carbonyl (C=O) groups excluding carboxylic acids is 1. The Morgan fingerprint density at radius 1 is 1.43 bits per heavy atom. The number of nitrogens with one attached hydrogen (secondary N) is 1. The molecule has 1 amide bonds. The van der Waals surface area contributed by atoms with E-state index in [1.165, 1.54) is 6.20 Å². The first kappa shape index (κ1) is 15.3. The van der Waals surface area contributed by atoms with E-state index >= 15 is 0 Å². The molecule has 2 aromatic rings. The summed E-state index contributed by atoms with van der Waals surface area (Å²) >= 11 is 0. The lowest BCUT2D eigenvalue weighted by molar-refractivity contribution is 0.0995. The van der Waals surface area contributed by atoms with Gasteiger partial charge >= 0.3 is 0 Å². The van der Waals surface area contributed by atoms with Crippen molar-refractivity contribution in [2.45, 2.75) is 44.9 Å². The first-order valence-corrected chi connectivity index (χ1v) is 7.53. The van der Waals surface area contributed by atoms with E-state index in [4.69, 9.17) is 5.73 Å². The number of carbonyl (C=O) groups is 1. The highest BCUT2D eigenvalue weighted by molar-refractivity contribution is 5.90. The third-order valence-electron chi connectivity index (χ3n) is 4.06. The lowest BCUT2D eigenvalue weighted by Crippen LogP contribution is -2.36. The molecule has 3 rings (SSSR count). The van der Waals surface area contributed by atoms with Crippen LogP contribution >= 0.6 is 0 Å². The van der Waals surface area contributed by atoms with Crippen molar-refractivity contribution < 1.29 is 9.90 Å². The number of aliphatic hydroxyl groups excluding tert-OH is 1. The van der Waals surface area contributed by atoms with Crippen molar-refractivity contribution in [2.75, 3.05) is 5.32 Å². The molecule has 122 valence electrons. The van der Waals surface area contributed by atoms with Crippen LogP contribution in [0.4, 0.5) is 5.82 Å². The van der Waals surface area contributed by atoms with Gasteiger partial charge in [-0.05, 0) is 19.8 Å². The van der Waals surface area contributed by atoms with Gasteiger partial charge in [-0.1, -0.05) is 0 Å². The molecule has 0 atom stereocenters. The van der Waals surface area contributed by atoms with E-state index in [0.717, 1.165) is 25.2 Å². The molecule has 1 aliphatic carbocycles. The Morgan fingerprint density at radius 2 is 2.22 bits per heavy atom. The molecule has 1 aliphatic rings. The molecule has 9 heteroatoms. The maximum atomic E-state index is 11.1. The molecule has 0 unspecified atom stereocenters. The molecular formula is C14H19N7O2. The molecule has 0 aromatic carbocycles. The van der Waals surface area contributed by atoms with Crippen LogP contribution in [-0.4, -0.2) is 41.8 Å². The van der Waals surface area contributed by atoms with Crippen LogP contribution in [0.2, 0.25) is 0 Å². The fourth-order valence-electron chi connectivity index (χ4n) is 2.82. The summed E-state index contributed by atoms with van der Waals surface area (Å²) in [5.41, 5.74) is 5.34. The van der Waals surface area contributed by atoms with Gasteiger partial charge in [-0.15, -0.1) is 10.2 Å². The highest BCUT2D eigenvalue weighted by atomic mass is 16.3. The molecular weight excluding hydrogens is 298 g/mol. The van der Waals surface area contributed by atoms with Crippen LogP contribution < -0.4 is 11.1 Å². The predicted octanol–water partition coefficient (Wildman–Crippen LogP) is 0.0373. The second kappa shape index (κ2) is 6.29. The molecule has 1 fully saturated rings. The van der Waals surface area contributed by atoms with Crippen molar-refractivity contribution >= 4 is 11.7 Å². The number of amides is 1. The maximum Gasteiger partial charge on any atom is 0.268 e. The first-order valence-electron chi connectivity index (χ1n) is 7.53. The Morgan fingerprint density at radius 3 is 2.87 bits per heavy atom. The normalized spacial score (nSPS) is 20.1. The Bertz CT molecular complexity index is 709. The van der Waals surface area contributed by atoms with E-state index in [1.807, 2.05) is 11.5 Å². The van der Waals surface area contributed by atoms with Crippen LogP contribution in [0.3, 0.4) is 0 Å². The number of nitrogens with zero attached hydrogens (tertiary/aromatic N) is 5. The van der Waals surface area contributed by atoms with Crippen molar-refractivity contribution in [3.05, 3.63) is 29.7 Å². The zero-order valence-electron chi connectivity index (χ0n) is 12.8. The SMILES string of the molecule is CCn1c(CO)nnc1C1CC(Nc2cncc(C(N)=O)n2)C1. The zero-order valence-corrected chi connectivity index (χ0v) is 12.8. The van der Waals surface area contributed by atoms with E-state index in [0.29, 0.717) is 17.6 Å². The van der Waals surface area contributed by atoms with E-state index in [2.05, 4.69) is 25.5 Å². The van der Waals surface area contributed by atoms with Gasteiger partial charge in [0.05, 0.1) is 12.4 Å². The van der Waals surface area contributed by atoms with E-state index < -0.39 is 5.91 Å². The van der Waals surface area contributed by atoms with Crippen LogP contribution in [-0.2, 0) is 13.2 Å². The van der Waals surface area contributed by atoms with Crippen molar-refractivity contribution in [3.8, 4) is 0 Å². The molecule has 0 bridgehead atoms. The van der Waals surface area contributed by atoms with Gasteiger partial charge in [-0.3, -0.25) is 9.78 Å². The molecule has 9 nitrogen and oxygen atoms in total. The number of anilines is 1. The number of hydrogen-bond acceptors (Lipinski definition) is 7. The van der Waals surface area contributed by atoms with Gasteiger partial charge in [0.15, 0.2) is 5.82 Å². The fraction of sp³-hybridized carbons (Fsp3) is 0.500. The van der Waals surface area contributed by atoms with Gasteiger partial charge in [-0.25, -0.2) is 4.98 Å². The number of hydrogen-bond donors (Lipinski definition) is 3. The molecule has 0 saturated heterocycles. The minimum absolute atomic E-state index is 0.106. The van der Waals surface area contributed by atoms with E-state index in [-0.39, 0.29) is 18.3 Å². The molecule has 0 radical (unpaired) electrons. The number of aliphatic hydroxyl groups is 1. The number of primary amides is 1. The van der Waals surface area contributed by atoms with Gasteiger partial charge in [0.2, 0.25) is 0 Å². The average molecular weight is 317 g/mol. The summed E-state index contributed by atoms with van der Waals surface area (Å²) in [5.74, 6) is 1.75. The Kier molecular flexibility index (Phi) is 4.20. The quantitative estimate of drug-likeness (QED) is 0.685. The highest BCUT2D eigenvalue weighted by Crippen LogP contribution is 2.37. The molecule has 23 heavy (non-hydrogen) atoms. The monoisotopic (exact) mass is 317 g/mol. The molecule has 0 spiro atoms. The van der Waals surface area contributed by atoms with Crippen molar-refractivity contribution in [1.29, 1.82) is 0 Å². The maximum absolute atomic E-state index is 11.1. The molecule has 2 heterocycles. The Hall–Kier alpha value is -2.55. The predicted molar refractivity (Wildman–Crippen MR) is 81.6 cm³/mol. The Labute approximate surface area is 133 Å². The smallest absolute Gasteiger partial charge is 0.268 e. The molecule has 4 N–H and O–H groups in total. The molecule has 0 aliphatic heterocycles. The summed E-state index contributed by atoms with van der Waals surface area (Å²) in [4.78, 5) is 19.2. The summed E-state index contributed by atoms with van der Waals surface area (Å²) in [7, 11) is 0. The largest absolute Gasteiger partial charge is 0.388 e. The summed E-state index contributed by atoms with van der Waals surface area (Å²) in [6.07, 6.45) is 4.67. The summed E-state index contributed by atoms with van der Waals surface area (Å²) in [6, 6.07) is 0.233. The topological polar surface area (TPSA) is 132 Å². The minimum atomic E-state index is -0.597. The zero-order chi connectivity index (χ0) is 16.4. The van der Waals surface area contributed by atoms with Crippen molar-refractivity contribution in [2.24, 2.45) is 5.73 Å². The first-order chi connectivity index (χ1) is 11.1. The standard InChI is InChI=1S/C14H19N7O2/c1-2-21-12(7-22)19-20-14(21)8-3-9(4-8)17-11-6-16-5-10(18-11)13(15)23/h5-6,8-9,22H,2-4,7H2,1H3,(H2,15,23)(H,17,18).